The maximum absolute atomic E-state index is 5.57. The number of rotatable bonds is 7. The van der Waals surface area contributed by atoms with Crippen LogP contribution in [0.3, 0.4) is 0 Å². The minimum atomic E-state index is 0.554. The van der Waals surface area contributed by atoms with Gasteiger partial charge in [0.05, 0.1) is 13.2 Å². The highest BCUT2D eigenvalue weighted by Gasteiger charge is 2.32. The van der Waals surface area contributed by atoms with E-state index in [0.717, 1.165) is 6.54 Å². The van der Waals surface area contributed by atoms with Gasteiger partial charge in [-0.3, -0.25) is 0 Å². The Hall–Kier alpha value is -1.14. The van der Waals surface area contributed by atoms with E-state index in [1.165, 1.54) is 12.8 Å². The molecule has 0 radical (unpaired) electrons. The second-order valence-electron chi connectivity index (χ2n) is 3.93. The van der Waals surface area contributed by atoms with Crippen LogP contribution in [-0.2, 0) is 11.3 Å². The molecule has 16 heavy (non-hydrogen) atoms. The number of methoxy groups -OCH3 is 1. The molecule has 0 bridgehead atoms. The summed E-state index contributed by atoms with van der Waals surface area (Å²) in [7, 11) is 3.55. The topological polar surface area (TPSA) is 63.4 Å². The summed E-state index contributed by atoms with van der Waals surface area (Å²) in [5.41, 5.74) is 0. The van der Waals surface area contributed by atoms with Crippen LogP contribution in [0, 0.1) is 0 Å². The molecular weight excluding hydrogens is 208 g/mol. The number of nitrogens with one attached hydrogen (secondary N) is 1. The largest absolute Gasteiger partial charge is 0.407 e. The first-order valence-corrected chi connectivity index (χ1v) is 5.57. The van der Waals surface area contributed by atoms with Gasteiger partial charge < -0.3 is 19.4 Å². The molecule has 0 aromatic carbocycles. The third-order valence-electron chi connectivity index (χ3n) is 2.55. The van der Waals surface area contributed by atoms with Crippen molar-refractivity contribution in [1.29, 1.82) is 0 Å². The van der Waals surface area contributed by atoms with Crippen molar-refractivity contribution in [3.8, 4) is 0 Å². The Labute approximate surface area is 95.0 Å². The lowest BCUT2D eigenvalue weighted by molar-refractivity contribution is 0.203. The highest BCUT2D eigenvalue weighted by molar-refractivity contribution is 5.29. The van der Waals surface area contributed by atoms with Gasteiger partial charge in [0.2, 0.25) is 5.89 Å². The van der Waals surface area contributed by atoms with Crippen molar-refractivity contribution in [2.24, 2.45) is 0 Å². The first-order valence-electron chi connectivity index (χ1n) is 5.57. The quantitative estimate of drug-likeness (QED) is 0.726. The van der Waals surface area contributed by atoms with Gasteiger partial charge in [-0.15, -0.1) is 5.10 Å². The zero-order valence-corrected chi connectivity index (χ0v) is 9.77. The lowest BCUT2D eigenvalue weighted by atomic mass is 10.5. The van der Waals surface area contributed by atoms with E-state index in [4.69, 9.17) is 9.15 Å². The number of hydrogen-bond acceptors (Lipinski definition) is 6. The Bertz CT molecular complexity index is 324. The van der Waals surface area contributed by atoms with E-state index in [9.17, 15) is 0 Å². The van der Waals surface area contributed by atoms with Crippen molar-refractivity contribution in [2.45, 2.75) is 25.4 Å². The molecule has 0 unspecified atom stereocenters. The van der Waals surface area contributed by atoms with Crippen molar-refractivity contribution >= 4 is 6.01 Å². The summed E-state index contributed by atoms with van der Waals surface area (Å²) in [6.45, 7) is 2.10. The fraction of sp³-hybridized carbons (Fsp3) is 0.800. The molecule has 1 aromatic rings. The highest BCUT2D eigenvalue weighted by atomic mass is 16.5. The Morgan fingerprint density at radius 3 is 2.94 bits per heavy atom. The third kappa shape index (κ3) is 2.70. The van der Waals surface area contributed by atoms with E-state index >= 15 is 0 Å². The predicted octanol–water partition coefficient (Wildman–Crippen LogP) is 0.404. The highest BCUT2D eigenvalue weighted by Crippen LogP contribution is 2.30. The fourth-order valence-corrected chi connectivity index (χ4v) is 1.59. The molecule has 1 fully saturated rings. The lowest BCUT2D eigenvalue weighted by Gasteiger charge is -2.18. The van der Waals surface area contributed by atoms with E-state index in [1.807, 2.05) is 7.05 Å². The van der Waals surface area contributed by atoms with E-state index in [2.05, 4.69) is 20.4 Å². The summed E-state index contributed by atoms with van der Waals surface area (Å²) >= 11 is 0. The smallest absolute Gasteiger partial charge is 0.318 e. The molecule has 6 heteroatoms. The van der Waals surface area contributed by atoms with Gasteiger partial charge >= 0.3 is 6.01 Å². The number of hydrogen-bond donors (Lipinski definition) is 1. The van der Waals surface area contributed by atoms with Crippen LogP contribution in [0.2, 0.25) is 0 Å². The normalized spacial score (nSPS) is 15.4. The van der Waals surface area contributed by atoms with Crippen molar-refractivity contribution in [3.63, 3.8) is 0 Å². The minimum absolute atomic E-state index is 0.554. The van der Waals surface area contributed by atoms with E-state index < -0.39 is 0 Å². The second kappa shape index (κ2) is 5.27. The molecule has 1 aliphatic carbocycles. The van der Waals surface area contributed by atoms with E-state index in [1.54, 1.807) is 7.11 Å². The number of aromatic nitrogens is 2. The molecule has 0 saturated heterocycles. The molecule has 1 heterocycles. The molecule has 90 valence electrons. The molecule has 2 rings (SSSR count). The molecule has 6 nitrogen and oxygen atoms in total. The van der Waals surface area contributed by atoms with Crippen LogP contribution < -0.4 is 10.2 Å². The zero-order chi connectivity index (χ0) is 11.4. The van der Waals surface area contributed by atoms with E-state index in [0.29, 0.717) is 31.1 Å². The Morgan fingerprint density at radius 2 is 2.31 bits per heavy atom. The van der Waals surface area contributed by atoms with E-state index in [-0.39, 0.29) is 0 Å². The molecule has 1 aliphatic rings. The van der Waals surface area contributed by atoms with Gasteiger partial charge in [-0.25, -0.2) is 0 Å². The van der Waals surface area contributed by atoms with Crippen LogP contribution in [0.1, 0.15) is 18.7 Å². The van der Waals surface area contributed by atoms with Crippen LogP contribution >= 0.6 is 0 Å². The summed E-state index contributed by atoms with van der Waals surface area (Å²) in [6, 6.07) is 1.17. The standard InChI is InChI=1S/C10H18N4O2/c1-11-7-9-12-13-10(16-9)14(5-6-15-2)8-3-4-8/h8,11H,3-7H2,1-2H3. The van der Waals surface area contributed by atoms with Crippen LogP contribution in [-0.4, -0.2) is 43.5 Å². The van der Waals surface area contributed by atoms with Gasteiger partial charge in [0, 0.05) is 19.7 Å². The zero-order valence-electron chi connectivity index (χ0n) is 9.77. The molecular formula is C10H18N4O2. The van der Waals surface area contributed by atoms with Crippen molar-refractivity contribution in [2.75, 3.05) is 32.2 Å². The van der Waals surface area contributed by atoms with Gasteiger partial charge in [0.15, 0.2) is 0 Å². The average Bonchev–Trinajstić information content (AvgIpc) is 3.01. The summed E-state index contributed by atoms with van der Waals surface area (Å²) < 4.78 is 10.7. The maximum atomic E-state index is 5.57. The first kappa shape index (κ1) is 11.3. The Balaban J connectivity index is 1.99. The summed E-state index contributed by atoms with van der Waals surface area (Å²) in [4.78, 5) is 2.13. The van der Waals surface area contributed by atoms with Crippen LogP contribution in [0.15, 0.2) is 4.42 Å². The van der Waals surface area contributed by atoms with Gasteiger partial charge in [-0.05, 0) is 19.9 Å². The van der Waals surface area contributed by atoms with Crippen LogP contribution in [0.5, 0.6) is 0 Å². The Kier molecular flexibility index (Phi) is 3.74. The Morgan fingerprint density at radius 1 is 1.50 bits per heavy atom. The minimum Gasteiger partial charge on any atom is -0.407 e. The molecule has 1 aromatic heterocycles. The summed E-state index contributed by atoms with van der Waals surface area (Å²) in [6.07, 6.45) is 2.40. The number of ether oxygens (including phenoxy) is 1. The van der Waals surface area contributed by atoms with Crippen LogP contribution in [0.4, 0.5) is 6.01 Å². The summed E-state index contributed by atoms with van der Waals surface area (Å²) in [5.74, 6) is 0.626. The molecule has 0 aliphatic heterocycles. The van der Waals surface area contributed by atoms with Crippen LogP contribution in [0.25, 0.3) is 0 Å². The maximum Gasteiger partial charge on any atom is 0.318 e. The molecule has 1 saturated carbocycles. The SMILES string of the molecule is CNCc1nnc(N(CCOC)C2CC2)o1. The first-order chi connectivity index (χ1) is 7.85. The average molecular weight is 226 g/mol. The van der Waals surface area contributed by atoms with Gasteiger partial charge in [-0.2, -0.15) is 0 Å². The van der Waals surface area contributed by atoms with Gasteiger partial charge in [-0.1, -0.05) is 5.10 Å². The molecule has 0 atom stereocenters. The second-order valence-corrected chi connectivity index (χ2v) is 3.93. The third-order valence-corrected chi connectivity index (χ3v) is 2.55. The van der Waals surface area contributed by atoms with Gasteiger partial charge in [0.25, 0.3) is 0 Å². The number of nitrogens with zero attached hydrogens (tertiary/aromatic N) is 3. The summed E-state index contributed by atoms with van der Waals surface area (Å²) in [5, 5.41) is 11.0. The van der Waals surface area contributed by atoms with Crippen molar-refractivity contribution < 1.29 is 9.15 Å². The molecule has 0 spiro atoms. The van der Waals surface area contributed by atoms with Crippen molar-refractivity contribution in [3.05, 3.63) is 5.89 Å². The molecule has 1 N–H and O–H groups in total. The van der Waals surface area contributed by atoms with Crippen molar-refractivity contribution in [1.82, 2.24) is 15.5 Å². The molecule has 0 amide bonds. The number of anilines is 1. The predicted molar refractivity (Wildman–Crippen MR) is 59.3 cm³/mol. The lowest BCUT2D eigenvalue weighted by Crippen LogP contribution is -2.29. The van der Waals surface area contributed by atoms with Gasteiger partial charge in [0.1, 0.15) is 0 Å². The fourth-order valence-electron chi connectivity index (χ4n) is 1.59. The monoisotopic (exact) mass is 226 g/mol.